The van der Waals surface area contributed by atoms with Gasteiger partial charge in [0.25, 0.3) is 0 Å². The predicted octanol–water partition coefficient (Wildman–Crippen LogP) is 3.28. The third-order valence-electron chi connectivity index (χ3n) is 5.06. The van der Waals surface area contributed by atoms with Gasteiger partial charge < -0.3 is 10.2 Å². The highest BCUT2D eigenvalue weighted by Crippen LogP contribution is 2.34. The summed E-state index contributed by atoms with van der Waals surface area (Å²) in [6.45, 7) is 4.88. The summed E-state index contributed by atoms with van der Waals surface area (Å²) in [5.41, 5.74) is 1.41. The molecule has 2 nitrogen and oxygen atoms in total. The summed E-state index contributed by atoms with van der Waals surface area (Å²) in [7, 11) is 0. The predicted molar refractivity (Wildman–Crippen MR) is 85.2 cm³/mol. The number of nitrogens with one attached hydrogen (secondary N) is 1. The molecule has 2 aromatic rings. The third kappa shape index (κ3) is 2.18. The second-order valence-corrected chi connectivity index (χ2v) is 6.28. The first-order valence-corrected chi connectivity index (χ1v) is 7.84. The van der Waals surface area contributed by atoms with Crippen molar-refractivity contribution in [2.24, 2.45) is 11.8 Å². The number of hydrogen-bond donors (Lipinski definition) is 1. The van der Waals surface area contributed by atoms with Gasteiger partial charge in [0.05, 0.1) is 0 Å². The highest BCUT2D eigenvalue weighted by molar-refractivity contribution is 5.85. The summed E-state index contributed by atoms with van der Waals surface area (Å²) >= 11 is 0. The van der Waals surface area contributed by atoms with E-state index < -0.39 is 0 Å². The van der Waals surface area contributed by atoms with Gasteiger partial charge in [0.2, 0.25) is 0 Å². The van der Waals surface area contributed by atoms with Gasteiger partial charge in [-0.25, -0.2) is 0 Å². The normalized spacial score (nSPS) is 26.5. The number of anilines is 1. The lowest BCUT2D eigenvalue weighted by atomic mass is 9.92. The van der Waals surface area contributed by atoms with Gasteiger partial charge in [0.1, 0.15) is 0 Å². The zero-order valence-corrected chi connectivity index (χ0v) is 11.9. The molecular formula is C18H22N2. The maximum atomic E-state index is 3.54. The Morgan fingerprint density at radius 1 is 0.850 bits per heavy atom. The Hall–Kier alpha value is -1.54. The zero-order valence-electron chi connectivity index (χ0n) is 11.9. The third-order valence-corrected chi connectivity index (χ3v) is 5.06. The molecule has 2 atom stereocenters. The summed E-state index contributed by atoms with van der Waals surface area (Å²) in [6, 6.07) is 15.6. The van der Waals surface area contributed by atoms with Crippen molar-refractivity contribution in [2.75, 3.05) is 31.1 Å². The minimum atomic E-state index is 0.886. The highest BCUT2D eigenvalue weighted by atomic mass is 15.2. The summed E-state index contributed by atoms with van der Waals surface area (Å²) < 4.78 is 0. The molecule has 2 fully saturated rings. The van der Waals surface area contributed by atoms with Crippen LogP contribution in [0.15, 0.2) is 42.5 Å². The summed E-state index contributed by atoms with van der Waals surface area (Å²) in [4.78, 5) is 2.60. The Kier molecular flexibility index (Phi) is 3.12. The Morgan fingerprint density at radius 3 is 2.30 bits per heavy atom. The van der Waals surface area contributed by atoms with Crippen molar-refractivity contribution < 1.29 is 0 Å². The molecule has 0 aliphatic carbocycles. The number of benzene rings is 2. The molecule has 104 valence electrons. The Bertz CT molecular complexity index is 593. The largest absolute Gasteiger partial charge is 0.371 e. The quantitative estimate of drug-likeness (QED) is 0.852. The number of rotatable bonds is 1. The van der Waals surface area contributed by atoms with Gasteiger partial charge in [-0.3, -0.25) is 0 Å². The van der Waals surface area contributed by atoms with E-state index in [1.165, 1.54) is 55.5 Å². The molecule has 1 N–H and O–H groups in total. The fraction of sp³-hybridized carbons (Fsp3) is 0.444. The first-order chi connectivity index (χ1) is 9.90. The number of hydrogen-bond acceptors (Lipinski definition) is 2. The minimum Gasteiger partial charge on any atom is -0.371 e. The molecule has 2 heterocycles. The van der Waals surface area contributed by atoms with Crippen LogP contribution in [0.5, 0.6) is 0 Å². The minimum absolute atomic E-state index is 0.886. The topological polar surface area (TPSA) is 15.3 Å². The Balaban J connectivity index is 1.60. The van der Waals surface area contributed by atoms with E-state index in [9.17, 15) is 0 Å². The highest BCUT2D eigenvalue weighted by Gasteiger charge is 2.33. The second-order valence-electron chi connectivity index (χ2n) is 6.28. The molecule has 2 aliphatic rings. The van der Waals surface area contributed by atoms with E-state index in [1.807, 2.05) is 0 Å². The van der Waals surface area contributed by atoms with Crippen LogP contribution in [0, 0.1) is 11.8 Å². The monoisotopic (exact) mass is 266 g/mol. The van der Waals surface area contributed by atoms with Crippen LogP contribution < -0.4 is 10.2 Å². The van der Waals surface area contributed by atoms with Gasteiger partial charge in [-0.2, -0.15) is 0 Å². The van der Waals surface area contributed by atoms with E-state index in [2.05, 4.69) is 52.7 Å². The molecule has 2 saturated heterocycles. The number of fused-ring (bicyclic) bond motifs is 2. The fourth-order valence-electron chi connectivity index (χ4n) is 3.88. The molecule has 0 radical (unpaired) electrons. The molecule has 20 heavy (non-hydrogen) atoms. The molecule has 0 aromatic heterocycles. The average Bonchev–Trinajstić information content (AvgIpc) is 2.78. The second kappa shape index (κ2) is 5.10. The van der Waals surface area contributed by atoms with Gasteiger partial charge in [0, 0.05) is 18.8 Å². The first kappa shape index (κ1) is 12.2. The van der Waals surface area contributed by atoms with Crippen molar-refractivity contribution in [3.05, 3.63) is 42.5 Å². The molecule has 0 spiro atoms. The van der Waals surface area contributed by atoms with Crippen molar-refractivity contribution in [2.45, 2.75) is 12.8 Å². The molecule has 0 amide bonds. The SMILES string of the molecule is c1ccc2cc(N3CC4CCNCCC4C3)ccc2c1. The maximum absolute atomic E-state index is 3.54. The van der Waals surface area contributed by atoms with Crippen LogP contribution in [-0.2, 0) is 0 Å². The van der Waals surface area contributed by atoms with Gasteiger partial charge >= 0.3 is 0 Å². The van der Waals surface area contributed by atoms with E-state index in [0.717, 1.165) is 11.8 Å². The van der Waals surface area contributed by atoms with E-state index in [-0.39, 0.29) is 0 Å². The van der Waals surface area contributed by atoms with Crippen LogP contribution in [0.25, 0.3) is 10.8 Å². The molecule has 0 bridgehead atoms. The van der Waals surface area contributed by atoms with Crippen LogP contribution in [-0.4, -0.2) is 26.2 Å². The molecule has 2 unspecified atom stereocenters. The molecule has 2 aliphatic heterocycles. The summed E-state index contributed by atoms with van der Waals surface area (Å²) in [5, 5.41) is 6.24. The molecule has 2 heteroatoms. The van der Waals surface area contributed by atoms with Crippen molar-refractivity contribution in [3.63, 3.8) is 0 Å². The zero-order chi connectivity index (χ0) is 13.4. The van der Waals surface area contributed by atoms with Gasteiger partial charge in [-0.05, 0) is 60.7 Å². The van der Waals surface area contributed by atoms with Crippen LogP contribution in [0.4, 0.5) is 5.69 Å². The van der Waals surface area contributed by atoms with Crippen LogP contribution in [0.2, 0.25) is 0 Å². The van der Waals surface area contributed by atoms with E-state index in [4.69, 9.17) is 0 Å². The maximum Gasteiger partial charge on any atom is 0.0372 e. The summed E-state index contributed by atoms with van der Waals surface area (Å²) in [5.74, 6) is 1.77. The molecule has 2 aromatic carbocycles. The lowest BCUT2D eigenvalue weighted by Crippen LogP contribution is -2.22. The van der Waals surface area contributed by atoms with Crippen molar-refractivity contribution >= 4 is 16.5 Å². The Labute approximate surface area is 120 Å². The van der Waals surface area contributed by atoms with Crippen molar-refractivity contribution in [1.82, 2.24) is 5.32 Å². The Morgan fingerprint density at radius 2 is 1.55 bits per heavy atom. The van der Waals surface area contributed by atoms with Crippen LogP contribution in [0.3, 0.4) is 0 Å². The van der Waals surface area contributed by atoms with Gasteiger partial charge in [-0.1, -0.05) is 30.3 Å². The van der Waals surface area contributed by atoms with E-state index >= 15 is 0 Å². The molecular weight excluding hydrogens is 244 g/mol. The average molecular weight is 266 g/mol. The van der Waals surface area contributed by atoms with Crippen molar-refractivity contribution in [3.8, 4) is 0 Å². The lowest BCUT2D eigenvalue weighted by Gasteiger charge is -2.20. The fourth-order valence-corrected chi connectivity index (χ4v) is 3.88. The number of nitrogens with zero attached hydrogens (tertiary/aromatic N) is 1. The van der Waals surface area contributed by atoms with E-state index in [1.54, 1.807) is 0 Å². The summed E-state index contributed by atoms with van der Waals surface area (Å²) in [6.07, 6.45) is 2.68. The van der Waals surface area contributed by atoms with Gasteiger partial charge in [-0.15, -0.1) is 0 Å². The first-order valence-electron chi connectivity index (χ1n) is 7.84. The molecule has 0 saturated carbocycles. The van der Waals surface area contributed by atoms with Crippen LogP contribution >= 0.6 is 0 Å². The van der Waals surface area contributed by atoms with E-state index in [0.29, 0.717) is 0 Å². The smallest absolute Gasteiger partial charge is 0.0372 e. The van der Waals surface area contributed by atoms with Gasteiger partial charge in [0.15, 0.2) is 0 Å². The van der Waals surface area contributed by atoms with Crippen LogP contribution in [0.1, 0.15) is 12.8 Å². The van der Waals surface area contributed by atoms with Crippen molar-refractivity contribution in [1.29, 1.82) is 0 Å². The lowest BCUT2D eigenvalue weighted by molar-refractivity contribution is 0.409. The molecule has 4 rings (SSSR count). The standard InChI is InChI=1S/C18H22N2/c1-2-4-15-11-18(6-5-14(15)3-1)20-12-16-7-9-19-10-8-17(16)13-20/h1-6,11,16-17,19H,7-10,12-13H2.